The van der Waals surface area contributed by atoms with E-state index in [-0.39, 0.29) is 36.8 Å². The van der Waals surface area contributed by atoms with Gasteiger partial charge in [-0.25, -0.2) is 4.98 Å². The van der Waals surface area contributed by atoms with Crippen molar-refractivity contribution in [2.45, 2.75) is 19.1 Å². The lowest BCUT2D eigenvalue weighted by Gasteiger charge is -2.18. The zero-order valence-electron chi connectivity index (χ0n) is 12.4. The number of hydrogen-bond acceptors (Lipinski definition) is 5. The highest BCUT2D eigenvalue weighted by Crippen LogP contribution is 2.23. The summed E-state index contributed by atoms with van der Waals surface area (Å²) in [6, 6.07) is 7.40. The maximum Gasteiger partial charge on any atom is 0.257 e. The van der Waals surface area contributed by atoms with Gasteiger partial charge < -0.3 is 15.4 Å². The molecule has 0 aliphatic carbocycles. The van der Waals surface area contributed by atoms with E-state index in [1.54, 1.807) is 16.5 Å². The van der Waals surface area contributed by atoms with Crippen LogP contribution in [0.5, 0.6) is 5.75 Å². The van der Waals surface area contributed by atoms with Crippen molar-refractivity contribution in [1.82, 2.24) is 9.88 Å². The fourth-order valence-corrected chi connectivity index (χ4v) is 2.91. The normalized spacial score (nSPS) is 16.4. The van der Waals surface area contributed by atoms with Gasteiger partial charge in [0.15, 0.2) is 0 Å². The topological polar surface area (TPSA) is 68.5 Å². The molecule has 1 saturated heterocycles. The van der Waals surface area contributed by atoms with Gasteiger partial charge in [0.05, 0.1) is 16.8 Å². The Balaban J connectivity index is 0.00000132. The van der Waals surface area contributed by atoms with Crippen LogP contribution in [-0.4, -0.2) is 34.9 Å². The molecule has 1 fully saturated rings. The summed E-state index contributed by atoms with van der Waals surface area (Å²) in [4.78, 5) is 18.5. The molecule has 1 aliphatic rings. The van der Waals surface area contributed by atoms with Crippen LogP contribution in [0.3, 0.4) is 0 Å². The summed E-state index contributed by atoms with van der Waals surface area (Å²) in [5.41, 5.74) is 9.09. The highest BCUT2D eigenvalue weighted by atomic mass is 35.5. The van der Waals surface area contributed by atoms with E-state index in [9.17, 15) is 4.79 Å². The molecule has 1 aliphatic heterocycles. The third kappa shape index (κ3) is 4.81. The zero-order chi connectivity index (χ0) is 14.7. The second-order valence-electron chi connectivity index (χ2n) is 5.06. The lowest BCUT2D eigenvalue weighted by atomic mass is 10.1. The van der Waals surface area contributed by atoms with Gasteiger partial charge in [-0.05, 0) is 18.6 Å². The molecule has 1 atom stereocenters. The second kappa shape index (κ2) is 9.08. The number of nitrogens with two attached hydrogens (primary N) is 1. The van der Waals surface area contributed by atoms with Crippen molar-refractivity contribution in [2.75, 3.05) is 13.1 Å². The zero-order valence-corrected chi connectivity index (χ0v) is 14.8. The molecule has 1 unspecified atom stereocenters. The number of rotatable bonds is 4. The van der Waals surface area contributed by atoms with E-state index in [0.29, 0.717) is 31.0 Å². The van der Waals surface area contributed by atoms with Gasteiger partial charge in [0.25, 0.3) is 5.91 Å². The highest BCUT2D eigenvalue weighted by molar-refractivity contribution is 7.07. The van der Waals surface area contributed by atoms with E-state index < -0.39 is 0 Å². The largest absolute Gasteiger partial charge is 0.486 e. The maximum absolute atomic E-state index is 12.6. The molecule has 1 aromatic heterocycles. The van der Waals surface area contributed by atoms with Crippen molar-refractivity contribution in [3.05, 3.63) is 46.4 Å². The molecular weight excluding hydrogens is 357 g/mol. The van der Waals surface area contributed by atoms with Crippen LogP contribution in [0.15, 0.2) is 35.2 Å². The fraction of sp³-hybridized carbons (Fsp3) is 0.333. The van der Waals surface area contributed by atoms with Crippen LogP contribution in [0.1, 0.15) is 22.5 Å². The number of amides is 1. The Bertz CT molecular complexity index is 625. The Kier molecular flexibility index (Phi) is 7.78. The molecule has 2 aromatic rings. The van der Waals surface area contributed by atoms with Crippen LogP contribution in [0, 0.1) is 0 Å². The minimum Gasteiger partial charge on any atom is -0.486 e. The summed E-state index contributed by atoms with van der Waals surface area (Å²) in [6.07, 6.45) is 0.855. The third-order valence-electron chi connectivity index (χ3n) is 3.49. The van der Waals surface area contributed by atoms with Gasteiger partial charge in [-0.2, -0.15) is 0 Å². The average Bonchev–Trinajstić information content (AvgIpc) is 3.16. The van der Waals surface area contributed by atoms with Crippen LogP contribution in [0.2, 0.25) is 0 Å². The number of ether oxygens (including phenoxy) is 1. The number of carbonyl (C=O) groups is 1. The van der Waals surface area contributed by atoms with Crippen LogP contribution in [-0.2, 0) is 6.61 Å². The van der Waals surface area contributed by atoms with E-state index in [0.717, 1.165) is 12.1 Å². The van der Waals surface area contributed by atoms with Crippen LogP contribution in [0.25, 0.3) is 0 Å². The lowest BCUT2D eigenvalue weighted by Crippen LogP contribution is -2.32. The minimum atomic E-state index is -0.0168. The predicted molar refractivity (Wildman–Crippen MR) is 95.9 cm³/mol. The van der Waals surface area contributed by atoms with Gasteiger partial charge in [-0.15, -0.1) is 36.2 Å². The number of nitrogens with zero attached hydrogens (tertiary/aromatic N) is 2. The van der Waals surface area contributed by atoms with Gasteiger partial charge in [0, 0.05) is 24.5 Å². The highest BCUT2D eigenvalue weighted by Gasteiger charge is 2.26. The number of para-hydroxylation sites is 1. The van der Waals surface area contributed by atoms with Crippen molar-refractivity contribution < 1.29 is 9.53 Å². The molecule has 3 rings (SSSR count). The van der Waals surface area contributed by atoms with E-state index >= 15 is 0 Å². The van der Waals surface area contributed by atoms with Gasteiger partial charge in [0.2, 0.25) is 0 Å². The maximum atomic E-state index is 12.6. The first-order valence-electron chi connectivity index (χ1n) is 6.88. The Labute approximate surface area is 151 Å². The van der Waals surface area contributed by atoms with Crippen LogP contribution < -0.4 is 10.5 Å². The van der Waals surface area contributed by atoms with Crippen molar-refractivity contribution in [2.24, 2.45) is 5.73 Å². The summed E-state index contributed by atoms with van der Waals surface area (Å²) >= 11 is 1.53. The third-order valence-corrected chi connectivity index (χ3v) is 4.12. The van der Waals surface area contributed by atoms with Crippen molar-refractivity contribution in [3.8, 4) is 5.75 Å². The summed E-state index contributed by atoms with van der Waals surface area (Å²) in [6.45, 7) is 1.69. The molecule has 0 radical (unpaired) electrons. The SMILES string of the molecule is Cl.Cl.NC1CCN(C(=O)c2ccccc2OCc2cscn2)C1. The van der Waals surface area contributed by atoms with Crippen molar-refractivity contribution in [1.29, 1.82) is 0 Å². The lowest BCUT2D eigenvalue weighted by molar-refractivity contribution is 0.0786. The molecule has 5 nitrogen and oxygen atoms in total. The molecule has 126 valence electrons. The van der Waals surface area contributed by atoms with Crippen LogP contribution >= 0.6 is 36.2 Å². The van der Waals surface area contributed by atoms with E-state index in [1.807, 2.05) is 23.6 Å². The molecule has 8 heteroatoms. The first-order chi connectivity index (χ1) is 10.2. The molecule has 1 amide bonds. The molecule has 2 heterocycles. The van der Waals surface area contributed by atoms with Gasteiger partial charge in [-0.1, -0.05) is 12.1 Å². The summed E-state index contributed by atoms with van der Waals surface area (Å²) in [7, 11) is 0. The summed E-state index contributed by atoms with van der Waals surface area (Å²) in [5.74, 6) is 0.577. The van der Waals surface area contributed by atoms with Crippen LogP contribution in [0.4, 0.5) is 0 Å². The fourth-order valence-electron chi connectivity index (χ4n) is 2.37. The average molecular weight is 376 g/mol. The first kappa shape index (κ1) is 19.7. The van der Waals surface area contributed by atoms with Crippen molar-refractivity contribution >= 4 is 42.1 Å². The Hall–Kier alpha value is -1.34. The van der Waals surface area contributed by atoms with Gasteiger partial charge in [0.1, 0.15) is 12.4 Å². The number of carbonyl (C=O) groups excluding carboxylic acids is 1. The van der Waals surface area contributed by atoms with E-state index in [4.69, 9.17) is 10.5 Å². The second-order valence-corrected chi connectivity index (χ2v) is 5.78. The number of halogens is 2. The number of thiazole rings is 1. The standard InChI is InChI=1S/C15H17N3O2S.2ClH/c16-11-5-6-18(7-11)15(19)13-3-1-2-4-14(13)20-8-12-9-21-10-17-12;;/h1-4,9-11H,5-8,16H2;2*1H. The van der Waals surface area contributed by atoms with Gasteiger partial charge in [-0.3, -0.25) is 4.79 Å². The van der Waals surface area contributed by atoms with E-state index in [1.165, 1.54) is 11.3 Å². The van der Waals surface area contributed by atoms with Gasteiger partial charge >= 0.3 is 0 Å². The molecule has 23 heavy (non-hydrogen) atoms. The Morgan fingerprint density at radius 1 is 1.39 bits per heavy atom. The number of hydrogen-bond donors (Lipinski definition) is 1. The molecule has 0 saturated carbocycles. The van der Waals surface area contributed by atoms with E-state index in [2.05, 4.69) is 4.98 Å². The van der Waals surface area contributed by atoms with Crippen molar-refractivity contribution in [3.63, 3.8) is 0 Å². The number of likely N-dealkylation sites (tertiary alicyclic amines) is 1. The summed E-state index contributed by atoms with van der Waals surface area (Å²) in [5, 5.41) is 1.93. The molecule has 1 aromatic carbocycles. The first-order valence-corrected chi connectivity index (χ1v) is 7.82. The molecule has 2 N–H and O–H groups in total. The monoisotopic (exact) mass is 375 g/mol. The molecule has 0 spiro atoms. The predicted octanol–water partition coefficient (Wildman–Crippen LogP) is 2.74. The number of benzene rings is 1. The summed E-state index contributed by atoms with van der Waals surface area (Å²) < 4.78 is 5.75. The quantitative estimate of drug-likeness (QED) is 0.891. The molecule has 0 bridgehead atoms. The minimum absolute atomic E-state index is 0. The molecular formula is C15H19Cl2N3O2S. The number of aromatic nitrogens is 1. The Morgan fingerprint density at radius 3 is 2.83 bits per heavy atom. The Morgan fingerprint density at radius 2 is 2.17 bits per heavy atom. The smallest absolute Gasteiger partial charge is 0.257 e.